The molecule has 1 aliphatic heterocycles. The van der Waals surface area contributed by atoms with Crippen molar-refractivity contribution in [3.05, 3.63) is 34.9 Å². The lowest BCUT2D eigenvalue weighted by Crippen LogP contribution is -2.75. The van der Waals surface area contributed by atoms with Crippen LogP contribution in [0.1, 0.15) is 73.1 Å². The van der Waals surface area contributed by atoms with E-state index in [4.69, 9.17) is 14.2 Å². The number of aliphatic hydroxyl groups excluding tert-OH is 1. The Morgan fingerprint density at radius 3 is 2.49 bits per heavy atom. The van der Waals surface area contributed by atoms with Crippen molar-refractivity contribution in [3.8, 4) is 0 Å². The van der Waals surface area contributed by atoms with Crippen LogP contribution in [0.5, 0.6) is 0 Å². The van der Waals surface area contributed by atoms with Crippen LogP contribution in [0.2, 0.25) is 0 Å². The number of esters is 3. The molecule has 1 heterocycles. The Morgan fingerprint density at radius 2 is 1.86 bits per heavy atom. The zero-order chi connectivity index (χ0) is 31.8. The molecule has 0 bridgehead atoms. The van der Waals surface area contributed by atoms with Gasteiger partial charge in [-0.15, -0.1) is 0 Å². The maximum absolute atomic E-state index is 13.4. The topological polar surface area (TPSA) is 177 Å². The predicted molar refractivity (Wildman–Crippen MR) is 150 cm³/mol. The molecule has 2 fully saturated rings. The van der Waals surface area contributed by atoms with E-state index >= 15 is 0 Å². The van der Waals surface area contributed by atoms with Gasteiger partial charge in [0.15, 0.2) is 5.78 Å². The highest BCUT2D eigenvalue weighted by molar-refractivity contribution is 5.98. The number of allylic oxidation sites excluding steroid dienone is 4. The molecule has 0 aromatic carbocycles. The normalized spacial score (nSPS) is 41.7. The lowest BCUT2D eigenvalue weighted by atomic mass is 9.44. The van der Waals surface area contributed by atoms with Gasteiger partial charge in [0.05, 0.1) is 17.4 Å². The zero-order valence-corrected chi connectivity index (χ0v) is 25.3. The third-order valence-corrected chi connectivity index (χ3v) is 11.6. The van der Waals surface area contributed by atoms with Crippen molar-refractivity contribution in [1.29, 1.82) is 0 Å². The number of rotatable bonds is 6. The molecule has 0 aromatic rings. The molecule has 5 rings (SSSR count). The maximum atomic E-state index is 13.4. The molecule has 0 radical (unpaired) electrons. The van der Waals surface area contributed by atoms with Crippen LogP contribution in [0.3, 0.4) is 0 Å². The molecule has 11 nitrogen and oxygen atoms in total. The number of cyclic esters (lactones) is 1. The minimum Gasteiger partial charge on any atom is -0.465 e. The first-order chi connectivity index (χ1) is 20.0. The number of fused-ring (bicyclic) bond motifs is 5. The fourth-order valence-electron chi connectivity index (χ4n) is 9.12. The van der Waals surface area contributed by atoms with Gasteiger partial charge in [-0.1, -0.05) is 17.7 Å². The van der Waals surface area contributed by atoms with E-state index in [0.717, 1.165) is 5.57 Å². The Kier molecular flexibility index (Phi) is 7.60. The van der Waals surface area contributed by atoms with Crippen molar-refractivity contribution in [2.75, 3.05) is 13.2 Å². The lowest BCUT2D eigenvalue weighted by Gasteiger charge is -2.63. The number of hydrogen-bond acceptors (Lipinski definition) is 11. The van der Waals surface area contributed by atoms with Gasteiger partial charge in [0.1, 0.15) is 35.6 Å². The van der Waals surface area contributed by atoms with Gasteiger partial charge in [-0.25, -0.2) is 4.79 Å². The Hall–Kier alpha value is -2.86. The highest BCUT2D eigenvalue weighted by atomic mass is 16.6. The molecule has 9 atom stereocenters. The highest BCUT2D eigenvalue weighted by Crippen LogP contribution is 2.71. The lowest BCUT2D eigenvalue weighted by molar-refractivity contribution is -0.299. The monoisotopic (exact) mass is 602 g/mol. The number of ether oxygens (including phenoxy) is 3. The van der Waals surface area contributed by atoms with E-state index in [1.54, 1.807) is 6.08 Å². The van der Waals surface area contributed by atoms with Gasteiger partial charge in [0, 0.05) is 32.3 Å². The van der Waals surface area contributed by atoms with Crippen molar-refractivity contribution < 1.29 is 53.8 Å². The summed E-state index contributed by atoms with van der Waals surface area (Å²) in [6.07, 6.45) is 3.18. The van der Waals surface area contributed by atoms with Crippen LogP contribution < -0.4 is 0 Å². The molecule has 5 aliphatic rings. The summed E-state index contributed by atoms with van der Waals surface area (Å²) in [6.45, 7) is 6.00. The summed E-state index contributed by atoms with van der Waals surface area (Å²) < 4.78 is 16.9. The first-order valence-electron chi connectivity index (χ1n) is 14.9. The highest BCUT2D eigenvalue weighted by Gasteiger charge is 2.82. The Balaban J connectivity index is 1.70. The van der Waals surface area contributed by atoms with Crippen LogP contribution >= 0.6 is 0 Å². The van der Waals surface area contributed by atoms with E-state index in [-0.39, 0.29) is 24.2 Å². The molecule has 0 aromatic heterocycles. The van der Waals surface area contributed by atoms with Gasteiger partial charge in [-0.05, 0) is 69.9 Å². The third-order valence-electron chi connectivity index (χ3n) is 11.6. The molecule has 2 saturated carbocycles. The molecule has 4 N–H and O–H groups in total. The second-order valence-corrected chi connectivity index (χ2v) is 13.4. The SMILES string of the molecule is CC(=O)OC[C@]12CC[C@H]3[C@@H](CC=C4CC=CC(=O)[C@@]43C)[C@]1(O)[C@@H](OC(C)=O)C[C@@]2(O)[C@@](C)(O)[C@H]1CC(CO)=C(C)C(=O)O1. The Bertz CT molecular complexity index is 1340. The molecule has 0 unspecified atom stereocenters. The van der Waals surface area contributed by atoms with Crippen LogP contribution in [0.25, 0.3) is 0 Å². The molecule has 0 saturated heterocycles. The summed E-state index contributed by atoms with van der Waals surface area (Å²) in [5.41, 5.74) is -8.00. The Morgan fingerprint density at radius 1 is 1.16 bits per heavy atom. The summed E-state index contributed by atoms with van der Waals surface area (Å²) >= 11 is 0. The van der Waals surface area contributed by atoms with Crippen molar-refractivity contribution in [1.82, 2.24) is 0 Å². The van der Waals surface area contributed by atoms with Crippen LogP contribution in [-0.2, 0) is 33.4 Å². The average molecular weight is 603 g/mol. The molecule has 43 heavy (non-hydrogen) atoms. The number of ketones is 1. The van der Waals surface area contributed by atoms with E-state index in [0.29, 0.717) is 24.8 Å². The van der Waals surface area contributed by atoms with E-state index in [2.05, 4.69) is 0 Å². The fraction of sp³-hybridized carbons (Fsp3) is 0.688. The summed E-state index contributed by atoms with van der Waals surface area (Å²) in [5.74, 6) is -3.44. The molecule has 4 aliphatic carbocycles. The standard InChI is InChI=1S/C32H42O11/c1-17-20(15-33)13-25(43-27(17)37)29(5,38)31(39)14-26(42-19(3)35)32(40)23-10-9-21-7-6-8-24(36)28(21,4)22(23)11-12-30(31,32)16-41-18(2)34/h6,8-9,22-23,25-26,33,38-40H,7,10-16H2,1-5H3/t22-,23+,25+,26-,28-,29-,30-,31+,32-/m0/s1. The second kappa shape index (κ2) is 10.4. The number of aliphatic hydroxyl groups is 4. The smallest absolute Gasteiger partial charge is 0.334 e. The van der Waals surface area contributed by atoms with Gasteiger partial charge in [0.2, 0.25) is 0 Å². The average Bonchev–Trinajstić information content (AvgIpc) is 3.13. The van der Waals surface area contributed by atoms with Crippen molar-refractivity contribution in [2.24, 2.45) is 22.7 Å². The quantitative estimate of drug-likeness (QED) is 0.197. The fourth-order valence-corrected chi connectivity index (χ4v) is 9.12. The van der Waals surface area contributed by atoms with Crippen LogP contribution in [0.4, 0.5) is 0 Å². The van der Waals surface area contributed by atoms with Gasteiger partial charge in [-0.3, -0.25) is 14.4 Å². The summed E-state index contributed by atoms with van der Waals surface area (Å²) in [6, 6.07) is 0. The zero-order valence-electron chi connectivity index (χ0n) is 25.3. The van der Waals surface area contributed by atoms with E-state index < -0.39 is 89.2 Å². The summed E-state index contributed by atoms with van der Waals surface area (Å²) in [7, 11) is 0. The van der Waals surface area contributed by atoms with Crippen molar-refractivity contribution >= 4 is 23.7 Å². The van der Waals surface area contributed by atoms with Crippen LogP contribution in [0, 0.1) is 22.7 Å². The minimum absolute atomic E-state index is 0.00931. The van der Waals surface area contributed by atoms with Crippen molar-refractivity contribution in [2.45, 2.75) is 102 Å². The molecule has 0 spiro atoms. The van der Waals surface area contributed by atoms with Crippen molar-refractivity contribution in [3.63, 3.8) is 0 Å². The number of carbonyl (C=O) groups is 4. The first-order valence-corrected chi connectivity index (χ1v) is 14.9. The van der Waals surface area contributed by atoms with Gasteiger partial charge in [0.25, 0.3) is 0 Å². The van der Waals surface area contributed by atoms with Crippen LogP contribution in [-0.4, -0.2) is 86.3 Å². The van der Waals surface area contributed by atoms with Gasteiger partial charge < -0.3 is 34.6 Å². The predicted octanol–water partition coefficient (Wildman–Crippen LogP) is 1.60. The molecule has 11 heteroatoms. The molecular formula is C32H42O11. The first kappa shape index (κ1) is 31.6. The van der Waals surface area contributed by atoms with E-state index in [1.807, 2.05) is 19.1 Å². The summed E-state index contributed by atoms with van der Waals surface area (Å²) in [4.78, 5) is 50.9. The third kappa shape index (κ3) is 4.14. The van der Waals surface area contributed by atoms with Gasteiger partial charge in [-0.2, -0.15) is 0 Å². The second-order valence-electron chi connectivity index (χ2n) is 13.4. The molecule has 0 amide bonds. The van der Waals surface area contributed by atoms with E-state index in [1.165, 1.54) is 27.7 Å². The molecule has 236 valence electrons. The molecular weight excluding hydrogens is 560 g/mol. The number of carbonyl (C=O) groups excluding carboxylic acids is 4. The largest absolute Gasteiger partial charge is 0.465 e. The van der Waals surface area contributed by atoms with Crippen LogP contribution in [0.15, 0.2) is 34.9 Å². The summed E-state index contributed by atoms with van der Waals surface area (Å²) in [5, 5.41) is 48.2. The Labute approximate surface area is 250 Å². The maximum Gasteiger partial charge on any atom is 0.334 e. The minimum atomic E-state index is -2.34. The number of hydrogen-bond donors (Lipinski definition) is 4. The van der Waals surface area contributed by atoms with E-state index in [9.17, 15) is 39.6 Å². The van der Waals surface area contributed by atoms with Gasteiger partial charge >= 0.3 is 17.9 Å².